The predicted octanol–water partition coefficient (Wildman–Crippen LogP) is 4.64. The van der Waals surface area contributed by atoms with Crippen molar-refractivity contribution >= 4 is 46.6 Å². The quantitative estimate of drug-likeness (QED) is 0.614. The largest absolute Gasteiger partial charge is 0.387 e. The van der Waals surface area contributed by atoms with Gasteiger partial charge >= 0.3 is 11.9 Å². The Kier molecular flexibility index (Phi) is 6.09. The Labute approximate surface area is 153 Å². The van der Waals surface area contributed by atoms with E-state index >= 15 is 0 Å². The highest BCUT2D eigenvalue weighted by Gasteiger charge is 2.32. The molecule has 7 heteroatoms. The molecular formula is C17H17ClO4S2. The number of ether oxygens (including phenoxy) is 1. The summed E-state index contributed by atoms with van der Waals surface area (Å²) >= 11 is 8.57. The van der Waals surface area contributed by atoms with Crippen LogP contribution >= 0.6 is 34.7 Å². The second-order valence-corrected chi connectivity index (χ2v) is 8.48. The van der Waals surface area contributed by atoms with Crippen LogP contribution in [0.5, 0.6) is 0 Å². The molecular weight excluding hydrogens is 368 g/mol. The molecule has 0 radical (unpaired) electrons. The minimum absolute atomic E-state index is 0.300. The van der Waals surface area contributed by atoms with Crippen LogP contribution in [0.25, 0.3) is 0 Å². The third-order valence-corrected chi connectivity index (χ3v) is 5.33. The Morgan fingerprint density at radius 1 is 1.21 bits per heavy atom. The van der Waals surface area contributed by atoms with Gasteiger partial charge in [-0.05, 0) is 29.7 Å². The summed E-state index contributed by atoms with van der Waals surface area (Å²) in [6, 6.07) is 7.21. The molecule has 1 aromatic carbocycles. The highest BCUT2D eigenvalue weighted by Crippen LogP contribution is 2.34. The number of hydrogen-bond donors (Lipinski definition) is 1. The van der Waals surface area contributed by atoms with Gasteiger partial charge in [-0.2, -0.15) is 11.3 Å². The van der Waals surface area contributed by atoms with Gasteiger partial charge in [0, 0.05) is 25.6 Å². The number of aliphatic hydroxyl groups is 1. The molecule has 0 aliphatic carbocycles. The summed E-state index contributed by atoms with van der Waals surface area (Å²) in [7, 11) is 0. The molecule has 0 bridgehead atoms. The predicted molar refractivity (Wildman–Crippen MR) is 95.8 cm³/mol. The molecule has 1 N–H and O–H groups in total. The normalized spacial score (nSPS) is 12.7. The molecule has 2 rings (SSSR count). The van der Waals surface area contributed by atoms with Crippen molar-refractivity contribution < 1.29 is 19.4 Å². The fourth-order valence-corrected chi connectivity index (χ4v) is 3.71. The summed E-state index contributed by atoms with van der Waals surface area (Å²) in [6.07, 6.45) is -1.37. The number of rotatable bonds is 4. The Balaban J connectivity index is 2.10. The fraction of sp³-hybridized carbons (Fsp3) is 0.294. The summed E-state index contributed by atoms with van der Waals surface area (Å²) in [6.45, 7) is 5.07. The molecule has 1 unspecified atom stereocenters. The van der Waals surface area contributed by atoms with Crippen molar-refractivity contribution in [2.45, 2.75) is 36.7 Å². The van der Waals surface area contributed by atoms with Gasteiger partial charge in [0.15, 0.2) is 6.10 Å². The van der Waals surface area contributed by atoms with Gasteiger partial charge in [0.2, 0.25) is 0 Å². The molecule has 2 aromatic rings. The van der Waals surface area contributed by atoms with E-state index in [9.17, 15) is 14.7 Å². The van der Waals surface area contributed by atoms with E-state index < -0.39 is 23.5 Å². The molecule has 4 nitrogen and oxygen atoms in total. The first kappa shape index (κ1) is 19.0. The van der Waals surface area contributed by atoms with E-state index in [-0.39, 0.29) is 0 Å². The minimum atomic E-state index is -1.37. The van der Waals surface area contributed by atoms with Crippen LogP contribution < -0.4 is 0 Å². The van der Waals surface area contributed by atoms with E-state index in [1.807, 2.05) is 12.1 Å². The zero-order chi connectivity index (χ0) is 17.9. The Morgan fingerprint density at radius 3 is 2.42 bits per heavy atom. The average Bonchev–Trinajstić information content (AvgIpc) is 2.96. The molecule has 0 amide bonds. The maximum absolute atomic E-state index is 12.2. The van der Waals surface area contributed by atoms with E-state index in [1.54, 1.807) is 43.7 Å². The Hall–Kier alpha value is -1.34. The van der Waals surface area contributed by atoms with Gasteiger partial charge in [-0.1, -0.05) is 44.1 Å². The van der Waals surface area contributed by atoms with Crippen molar-refractivity contribution in [3.8, 4) is 0 Å². The van der Waals surface area contributed by atoms with Crippen LogP contribution in [-0.2, 0) is 9.53 Å². The number of hydrogen-bond acceptors (Lipinski definition) is 6. The molecule has 0 saturated carbocycles. The Bertz CT molecular complexity index is 732. The lowest BCUT2D eigenvalue weighted by atomic mass is 9.89. The zero-order valence-electron chi connectivity index (χ0n) is 13.4. The molecule has 1 heterocycles. The van der Waals surface area contributed by atoms with Gasteiger partial charge in [0.05, 0.1) is 5.56 Å². The molecule has 24 heavy (non-hydrogen) atoms. The van der Waals surface area contributed by atoms with Crippen LogP contribution in [0.4, 0.5) is 0 Å². The molecule has 0 spiro atoms. The van der Waals surface area contributed by atoms with Crippen molar-refractivity contribution in [3.63, 3.8) is 0 Å². The summed E-state index contributed by atoms with van der Waals surface area (Å²) in [5.74, 6) is -1.71. The van der Waals surface area contributed by atoms with Crippen LogP contribution in [0.15, 0.2) is 44.8 Å². The van der Waals surface area contributed by atoms with E-state index in [2.05, 4.69) is 0 Å². The van der Waals surface area contributed by atoms with Crippen molar-refractivity contribution in [1.29, 1.82) is 0 Å². The fourth-order valence-electron chi connectivity index (χ4n) is 1.70. The maximum Gasteiger partial charge on any atom is 0.347 e. The van der Waals surface area contributed by atoms with Crippen molar-refractivity contribution in [2.75, 3.05) is 0 Å². The number of thiophene rings is 1. The lowest BCUT2D eigenvalue weighted by Gasteiger charge is -2.23. The second-order valence-electron chi connectivity index (χ2n) is 6.18. The molecule has 1 aromatic heterocycles. The molecule has 1 atom stereocenters. The minimum Gasteiger partial charge on any atom is -0.387 e. The average molecular weight is 385 g/mol. The second kappa shape index (κ2) is 7.70. The first-order chi connectivity index (χ1) is 11.2. The van der Waals surface area contributed by atoms with Crippen molar-refractivity contribution in [1.82, 2.24) is 0 Å². The molecule has 0 aliphatic heterocycles. The first-order valence-corrected chi connectivity index (χ1v) is 9.26. The third-order valence-electron chi connectivity index (χ3n) is 3.12. The van der Waals surface area contributed by atoms with Gasteiger partial charge in [0.25, 0.3) is 0 Å². The summed E-state index contributed by atoms with van der Waals surface area (Å²) in [5, 5.41) is 13.9. The van der Waals surface area contributed by atoms with Crippen LogP contribution in [0.2, 0.25) is 5.02 Å². The van der Waals surface area contributed by atoms with Crippen molar-refractivity contribution in [3.05, 3.63) is 45.6 Å². The third kappa shape index (κ3) is 4.83. The highest BCUT2D eigenvalue weighted by molar-refractivity contribution is 7.99. The number of esters is 2. The SMILES string of the molecule is CC(C)(C)C(O)C(=O)OC(=O)c1cscc1Sc1ccc(Cl)cc1. The Morgan fingerprint density at radius 2 is 1.83 bits per heavy atom. The van der Waals surface area contributed by atoms with Crippen LogP contribution in [0.3, 0.4) is 0 Å². The van der Waals surface area contributed by atoms with E-state index in [1.165, 1.54) is 23.1 Å². The van der Waals surface area contributed by atoms with Crippen molar-refractivity contribution in [2.24, 2.45) is 5.41 Å². The smallest absolute Gasteiger partial charge is 0.347 e. The number of aliphatic hydroxyl groups excluding tert-OH is 1. The van der Waals surface area contributed by atoms with Gasteiger partial charge < -0.3 is 9.84 Å². The van der Waals surface area contributed by atoms with E-state index in [0.717, 1.165) is 4.90 Å². The van der Waals surface area contributed by atoms with Crippen LogP contribution in [-0.4, -0.2) is 23.1 Å². The van der Waals surface area contributed by atoms with Crippen LogP contribution in [0, 0.1) is 5.41 Å². The topological polar surface area (TPSA) is 63.6 Å². The first-order valence-electron chi connectivity index (χ1n) is 7.12. The number of halogens is 1. The number of carbonyl (C=O) groups is 2. The number of benzene rings is 1. The maximum atomic E-state index is 12.2. The molecule has 128 valence electrons. The molecule has 0 fully saturated rings. The summed E-state index contributed by atoms with van der Waals surface area (Å²) in [5.41, 5.74) is -0.401. The molecule has 0 aliphatic rings. The zero-order valence-corrected chi connectivity index (χ0v) is 15.8. The highest BCUT2D eigenvalue weighted by atomic mass is 35.5. The van der Waals surface area contributed by atoms with Gasteiger partial charge in [-0.25, -0.2) is 9.59 Å². The summed E-state index contributed by atoms with van der Waals surface area (Å²) < 4.78 is 4.82. The van der Waals surface area contributed by atoms with Gasteiger partial charge in [0.1, 0.15) is 0 Å². The molecule has 0 saturated heterocycles. The van der Waals surface area contributed by atoms with Gasteiger partial charge in [-0.3, -0.25) is 0 Å². The van der Waals surface area contributed by atoms with Crippen LogP contribution in [0.1, 0.15) is 31.1 Å². The van der Waals surface area contributed by atoms with E-state index in [4.69, 9.17) is 16.3 Å². The number of carbonyl (C=O) groups excluding carboxylic acids is 2. The monoisotopic (exact) mass is 384 g/mol. The van der Waals surface area contributed by atoms with Gasteiger partial charge in [-0.15, -0.1) is 0 Å². The summed E-state index contributed by atoms with van der Waals surface area (Å²) in [4.78, 5) is 25.7. The lowest BCUT2D eigenvalue weighted by molar-refractivity contribution is -0.153. The standard InChI is InChI=1S/C17H17ClO4S2/c1-17(2,3)14(19)16(21)22-15(20)12-8-23-9-13(12)24-11-6-4-10(18)5-7-11/h4-9,14,19H,1-3H3. The lowest BCUT2D eigenvalue weighted by Crippen LogP contribution is -2.36. The van der Waals surface area contributed by atoms with E-state index in [0.29, 0.717) is 15.5 Å².